The van der Waals surface area contributed by atoms with Crippen molar-refractivity contribution < 1.29 is 64.6 Å². The number of aliphatic hydroxyl groups is 8. The van der Waals surface area contributed by atoms with Crippen LogP contribution in [0.1, 0.15) is 354 Å². The van der Waals surface area contributed by atoms with Crippen molar-refractivity contribution in [3.8, 4) is 0 Å². The van der Waals surface area contributed by atoms with Gasteiger partial charge in [-0.15, -0.1) is 0 Å². The molecule has 506 valence electrons. The van der Waals surface area contributed by atoms with E-state index in [0.717, 1.165) is 51.4 Å². The molecule has 2 heterocycles. The molecule has 0 saturated carbocycles. The molecule has 12 unspecified atom stereocenters. The lowest BCUT2D eigenvalue weighted by Gasteiger charge is -2.46. The number of ether oxygens (including phenoxy) is 4. The second kappa shape index (κ2) is 56.9. The second-order valence-corrected chi connectivity index (χ2v) is 26.4. The van der Waals surface area contributed by atoms with Gasteiger partial charge in [-0.05, 0) is 12.8 Å². The third kappa shape index (κ3) is 41.2. The van der Waals surface area contributed by atoms with Gasteiger partial charge in [-0.3, -0.25) is 4.79 Å². The molecule has 2 rings (SSSR count). The highest BCUT2D eigenvalue weighted by atomic mass is 16.7. The number of amides is 1. The van der Waals surface area contributed by atoms with Gasteiger partial charge in [-0.25, -0.2) is 0 Å². The number of hydrogen-bond acceptors (Lipinski definition) is 13. The normalized spacial score (nSPS) is 23.4. The Morgan fingerprint density at radius 2 is 0.671 bits per heavy atom. The first-order valence-electron chi connectivity index (χ1n) is 36.8. The number of carbonyl (C=O) groups excluding carboxylic acids is 1. The van der Waals surface area contributed by atoms with E-state index in [0.29, 0.717) is 12.8 Å². The Hall–Kier alpha value is -1.01. The number of nitrogens with one attached hydrogen (secondary N) is 1. The molecule has 85 heavy (non-hydrogen) atoms. The molecular weight excluding hydrogens is 1070 g/mol. The number of aliphatic hydroxyl groups excluding tert-OH is 8. The van der Waals surface area contributed by atoms with Gasteiger partial charge in [0.15, 0.2) is 12.6 Å². The highest BCUT2D eigenvalue weighted by Gasteiger charge is 2.51. The van der Waals surface area contributed by atoms with Crippen LogP contribution in [0.4, 0.5) is 0 Å². The summed E-state index contributed by atoms with van der Waals surface area (Å²) in [6.45, 7) is 2.93. The van der Waals surface area contributed by atoms with Crippen LogP contribution in [0, 0.1) is 0 Å². The molecule has 2 aliphatic heterocycles. The van der Waals surface area contributed by atoms with E-state index in [9.17, 15) is 45.6 Å². The molecule has 14 heteroatoms. The first-order valence-corrected chi connectivity index (χ1v) is 36.8. The van der Waals surface area contributed by atoms with Gasteiger partial charge in [0.25, 0.3) is 0 Å². The van der Waals surface area contributed by atoms with Crippen molar-refractivity contribution >= 4 is 5.91 Å². The van der Waals surface area contributed by atoms with Crippen LogP contribution < -0.4 is 5.32 Å². The van der Waals surface area contributed by atoms with Crippen molar-refractivity contribution in [3.05, 3.63) is 0 Å². The van der Waals surface area contributed by atoms with Crippen molar-refractivity contribution in [2.45, 2.75) is 428 Å². The average molecular weight is 1210 g/mol. The number of carbonyl (C=O) groups is 1. The molecule has 1 amide bonds. The summed E-state index contributed by atoms with van der Waals surface area (Å²) in [5, 5.41) is 87.7. The summed E-state index contributed by atoms with van der Waals surface area (Å²) in [4.78, 5) is 13.3. The summed E-state index contributed by atoms with van der Waals surface area (Å²) in [7, 11) is 0. The fourth-order valence-corrected chi connectivity index (χ4v) is 12.7. The minimum absolute atomic E-state index is 0.197. The Kier molecular flexibility index (Phi) is 53.6. The fraction of sp³-hybridized carbons (Fsp3) is 0.986. The van der Waals surface area contributed by atoms with Crippen LogP contribution in [0.25, 0.3) is 0 Å². The highest BCUT2D eigenvalue weighted by molar-refractivity contribution is 5.76. The zero-order valence-corrected chi connectivity index (χ0v) is 55.1. The molecule has 0 bridgehead atoms. The Morgan fingerprint density at radius 1 is 0.376 bits per heavy atom. The van der Waals surface area contributed by atoms with Gasteiger partial charge in [-0.2, -0.15) is 0 Å². The molecular formula is C71H139NO13. The van der Waals surface area contributed by atoms with E-state index in [-0.39, 0.29) is 12.5 Å². The van der Waals surface area contributed by atoms with Crippen LogP contribution in [0.15, 0.2) is 0 Å². The Labute approximate surface area is 521 Å². The number of unbranched alkanes of at least 4 members (excludes halogenated alkanes) is 49. The predicted octanol–water partition coefficient (Wildman–Crippen LogP) is 15.2. The molecule has 0 aromatic rings. The molecule has 0 radical (unpaired) electrons. The topological polar surface area (TPSA) is 228 Å². The molecule has 12 atom stereocenters. The van der Waals surface area contributed by atoms with Gasteiger partial charge in [0.05, 0.1) is 32.0 Å². The number of hydrogen-bond donors (Lipinski definition) is 9. The Morgan fingerprint density at radius 3 is 1.00 bits per heavy atom. The van der Waals surface area contributed by atoms with E-state index in [1.165, 1.54) is 276 Å². The maximum absolute atomic E-state index is 13.3. The van der Waals surface area contributed by atoms with E-state index in [2.05, 4.69) is 19.2 Å². The van der Waals surface area contributed by atoms with Crippen molar-refractivity contribution in [3.63, 3.8) is 0 Å². The SMILES string of the molecule is CCCCCCCCCCCCCCCCCCCCCCCCCCCCCCCCCC(O)C(COC1OC(CO)C(OC2OC(CO)C(O)C(O)C2O)C(O)C1O)NC(=O)CCCCCCCCCCCCCCCCCCCCCC. The van der Waals surface area contributed by atoms with Crippen LogP contribution in [0.3, 0.4) is 0 Å². The molecule has 2 saturated heterocycles. The fourth-order valence-electron chi connectivity index (χ4n) is 12.7. The lowest BCUT2D eigenvalue weighted by Crippen LogP contribution is -2.65. The third-order valence-corrected chi connectivity index (χ3v) is 18.6. The highest BCUT2D eigenvalue weighted by Crippen LogP contribution is 2.30. The van der Waals surface area contributed by atoms with Crippen molar-refractivity contribution in [2.75, 3.05) is 19.8 Å². The third-order valence-electron chi connectivity index (χ3n) is 18.6. The first kappa shape index (κ1) is 80.1. The summed E-state index contributed by atoms with van der Waals surface area (Å²) in [6.07, 6.45) is 51.3. The van der Waals surface area contributed by atoms with E-state index in [1.54, 1.807) is 0 Å². The van der Waals surface area contributed by atoms with E-state index in [4.69, 9.17) is 18.9 Å². The Balaban J connectivity index is 1.63. The maximum Gasteiger partial charge on any atom is 0.220 e. The van der Waals surface area contributed by atoms with Crippen LogP contribution in [-0.4, -0.2) is 140 Å². The van der Waals surface area contributed by atoms with E-state index >= 15 is 0 Å². The molecule has 14 nitrogen and oxygen atoms in total. The quantitative estimate of drug-likeness (QED) is 0.0259. The summed E-state index contributed by atoms with van der Waals surface area (Å²) >= 11 is 0. The molecule has 0 spiro atoms. The summed E-state index contributed by atoms with van der Waals surface area (Å²) in [6, 6.07) is -0.824. The summed E-state index contributed by atoms with van der Waals surface area (Å²) in [5.74, 6) is -0.197. The van der Waals surface area contributed by atoms with Gasteiger partial charge in [-0.1, -0.05) is 335 Å². The standard InChI is InChI=1S/C71H139NO13/c1-3-5-7-9-11-13-15-17-19-21-23-25-26-27-28-29-30-31-32-33-34-35-36-38-40-42-44-46-48-50-52-54-60(75)59(72-63(76)55-53-51-49-47-45-43-41-39-37-24-22-20-18-16-14-12-10-8-6-4-2)58-82-70-68(81)66(79)69(62(57-74)84-70)85-71-67(80)65(78)64(77)61(56-73)83-71/h59-62,64-71,73-75,77-81H,3-58H2,1-2H3,(H,72,76). The minimum atomic E-state index is -1.78. The zero-order chi connectivity index (χ0) is 61.6. The Bertz CT molecular complexity index is 1430. The molecule has 2 fully saturated rings. The monoisotopic (exact) mass is 1210 g/mol. The maximum atomic E-state index is 13.3. The van der Waals surface area contributed by atoms with Crippen LogP contribution in [-0.2, 0) is 23.7 Å². The number of rotatable bonds is 62. The minimum Gasteiger partial charge on any atom is -0.394 e. The van der Waals surface area contributed by atoms with E-state index < -0.39 is 86.8 Å². The predicted molar refractivity (Wildman–Crippen MR) is 346 cm³/mol. The van der Waals surface area contributed by atoms with Crippen LogP contribution >= 0.6 is 0 Å². The molecule has 0 aliphatic carbocycles. The van der Waals surface area contributed by atoms with Crippen molar-refractivity contribution in [2.24, 2.45) is 0 Å². The molecule has 0 aromatic heterocycles. The van der Waals surface area contributed by atoms with Gasteiger partial charge in [0.2, 0.25) is 5.91 Å². The largest absolute Gasteiger partial charge is 0.394 e. The smallest absolute Gasteiger partial charge is 0.220 e. The van der Waals surface area contributed by atoms with Crippen LogP contribution in [0.5, 0.6) is 0 Å². The van der Waals surface area contributed by atoms with Crippen LogP contribution in [0.2, 0.25) is 0 Å². The molecule has 2 aliphatic rings. The summed E-state index contributed by atoms with van der Waals surface area (Å²) in [5.41, 5.74) is 0. The van der Waals surface area contributed by atoms with Gasteiger partial charge in [0.1, 0.15) is 48.8 Å². The molecule has 0 aromatic carbocycles. The van der Waals surface area contributed by atoms with Gasteiger partial charge >= 0.3 is 0 Å². The lowest BCUT2D eigenvalue weighted by atomic mass is 9.97. The van der Waals surface area contributed by atoms with Crippen molar-refractivity contribution in [1.29, 1.82) is 0 Å². The van der Waals surface area contributed by atoms with Gasteiger partial charge in [0, 0.05) is 6.42 Å². The zero-order valence-electron chi connectivity index (χ0n) is 55.1. The average Bonchev–Trinajstić information content (AvgIpc) is 3.69. The van der Waals surface area contributed by atoms with Crippen molar-refractivity contribution in [1.82, 2.24) is 5.32 Å². The van der Waals surface area contributed by atoms with E-state index in [1.807, 2.05) is 0 Å². The lowest BCUT2D eigenvalue weighted by molar-refractivity contribution is -0.359. The first-order chi connectivity index (χ1) is 41.6. The van der Waals surface area contributed by atoms with Gasteiger partial charge < -0.3 is 65.1 Å². The second-order valence-electron chi connectivity index (χ2n) is 26.4. The summed E-state index contributed by atoms with van der Waals surface area (Å²) < 4.78 is 22.9. The molecule has 9 N–H and O–H groups in total.